The number of thioether (sulfide) groups is 1. The first-order valence-corrected chi connectivity index (χ1v) is 5.90. The molecule has 0 spiro atoms. The van der Waals surface area contributed by atoms with Crippen molar-refractivity contribution in [1.29, 1.82) is 0 Å². The molecule has 1 nitrogen and oxygen atoms in total. The lowest BCUT2D eigenvalue weighted by Gasteiger charge is -2.05. The maximum atomic E-state index is 12.8. The van der Waals surface area contributed by atoms with Crippen molar-refractivity contribution in [1.82, 2.24) is 0 Å². The summed E-state index contributed by atoms with van der Waals surface area (Å²) in [4.78, 5) is 0. The normalized spacial score (nSPS) is 12.9. The Morgan fingerprint density at radius 1 is 1.57 bits per heavy atom. The van der Waals surface area contributed by atoms with Gasteiger partial charge in [0.05, 0.1) is 5.02 Å². The summed E-state index contributed by atoms with van der Waals surface area (Å²) in [5.74, 6) is 1.35. The summed E-state index contributed by atoms with van der Waals surface area (Å²) in [5, 5.41) is 0.184. The van der Waals surface area contributed by atoms with Gasteiger partial charge in [0.1, 0.15) is 5.82 Å². The molecule has 1 aromatic rings. The molecule has 0 aromatic heterocycles. The third-order valence-electron chi connectivity index (χ3n) is 1.63. The van der Waals surface area contributed by atoms with Crippen LogP contribution in [0, 0.1) is 5.82 Å². The minimum absolute atomic E-state index is 0.184. The van der Waals surface area contributed by atoms with Crippen LogP contribution in [0.3, 0.4) is 0 Å². The predicted octanol–water partition coefficient (Wildman–Crippen LogP) is 3.06. The van der Waals surface area contributed by atoms with Gasteiger partial charge in [-0.2, -0.15) is 11.8 Å². The molecule has 1 rings (SSSR count). The zero-order chi connectivity index (χ0) is 10.6. The number of benzene rings is 1. The van der Waals surface area contributed by atoms with E-state index in [2.05, 4.69) is 0 Å². The molecule has 0 aliphatic heterocycles. The maximum Gasteiger partial charge on any atom is 0.141 e. The van der Waals surface area contributed by atoms with Crippen molar-refractivity contribution < 1.29 is 4.39 Å². The van der Waals surface area contributed by atoms with Gasteiger partial charge in [0.15, 0.2) is 0 Å². The van der Waals surface area contributed by atoms with Crippen LogP contribution in [0.15, 0.2) is 18.2 Å². The second-order valence-electron chi connectivity index (χ2n) is 3.24. The molecular weight excluding hydrogens is 221 g/mol. The molecule has 0 radical (unpaired) electrons. The van der Waals surface area contributed by atoms with E-state index in [-0.39, 0.29) is 16.9 Å². The lowest BCUT2D eigenvalue weighted by atomic mass is 10.2. The van der Waals surface area contributed by atoms with Crippen molar-refractivity contribution in [3.63, 3.8) is 0 Å². The van der Waals surface area contributed by atoms with E-state index < -0.39 is 0 Å². The predicted molar refractivity (Wildman–Crippen MR) is 61.2 cm³/mol. The van der Waals surface area contributed by atoms with Gasteiger partial charge in [-0.3, -0.25) is 0 Å². The van der Waals surface area contributed by atoms with Gasteiger partial charge in [-0.05, 0) is 24.6 Å². The highest BCUT2D eigenvalue weighted by Crippen LogP contribution is 2.19. The van der Waals surface area contributed by atoms with Gasteiger partial charge >= 0.3 is 0 Å². The van der Waals surface area contributed by atoms with Gasteiger partial charge in [0, 0.05) is 17.5 Å². The molecule has 0 amide bonds. The van der Waals surface area contributed by atoms with Crippen molar-refractivity contribution in [3.05, 3.63) is 34.6 Å². The van der Waals surface area contributed by atoms with Gasteiger partial charge in [0.25, 0.3) is 0 Å². The van der Waals surface area contributed by atoms with Crippen LogP contribution in [0.4, 0.5) is 4.39 Å². The van der Waals surface area contributed by atoms with Crippen LogP contribution in [0.25, 0.3) is 0 Å². The third kappa shape index (κ3) is 3.86. The molecule has 1 atom stereocenters. The third-order valence-corrected chi connectivity index (χ3v) is 3.22. The average Bonchev–Trinajstić information content (AvgIpc) is 2.10. The van der Waals surface area contributed by atoms with E-state index >= 15 is 0 Å². The Hall–Kier alpha value is -0.250. The quantitative estimate of drug-likeness (QED) is 0.865. The zero-order valence-corrected chi connectivity index (χ0v) is 9.54. The first-order chi connectivity index (χ1) is 6.59. The molecule has 0 fully saturated rings. The van der Waals surface area contributed by atoms with Crippen LogP contribution in [-0.2, 0) is 5.75 Å². The van der Waals surface area contributed by atoms with E-state index in [4.69, 9.17) is 17.3 Å². The molecule has 0 aliphatic rings. The van der Waals surface area contributed by atoms with Gasteiger partial charge in [-0.1, -0.05) is 17.7 Å². The van der Waals surface area contributed by atoms with Crippen molar-refractivity contribution >= 4 is 23.4 Å². The minimum atomic E-state index is -0.368. The van der Waals surface area contributed by atoms with Gasteiger partial charge in [-0.25, -0.2) is 4.39 Å². The summed E-state index contributed by atoms with van der Waals surface area (Å²) in [6.45, 7) is 1.96. The summed E-state index contributed by atoms with van der Waals surface area (Å²) in [7, 11) is 0. The van der Waals surface area contributed by atoms with Crippen LogP contribution in [-0.4, -0.2) is 11.8 Å². The van der Waals surface area contributed by atoms with Crippen LogP contribution in [0.1, 0.15) is 12.5 Å². The summed E-state index contributed by atoms with van der Waals surface area (Å²) in [6.07, 6.45) is 0. The van der Waals surface area contributed by atoms with Crippen molar-refractivity contribution in [3.8, 4) is 0 Å². The van der Waals surface area contributed by atoms with Gasteiger partial charge in [-0.15, -0.1) is 0 Å². The highest BCUT2D eigenvalue weighted by Gasteiger charge is 2.01. The van der Waals surface area contributed by atoms with E-state index in [1.54, 1.807) is 23.9 Å². The van der Waals surface area contributed by atoms with Crippen LogP contribution in [0.2, 0.25) is 5.02 Å². The first-order valence-electron chi connectivity index (χ1n) is 4.37. The SMILES string of the molecule is CC(N)CSCc1ccc(F)c(Cl)c1. The molecule has 0 saturated carbocycles. The van der Waals surface area contributed by atoms with Crippen molar-refractivity contribution in [2.45, 2.75) is 18.7 Å². The Balaban J connectivity index is 2.47. The molecule has 0 saturated heterocycles. The van der Waals surface area contributed by atoms with Gasteiger partial charge in [0.2, 0.25) is 0 Å². The molecule has 0 aliphatic carbocycles. The Morgan fingerprint density at radius 3 is 2.86 bits per heavy atom. The zero-order valence-electron chi connectivity index (χ0n) is 7.97. The van der Waals surface area contributed by atoms with E-state index in [0.29, 0.717) is 0 Å². The fraction of sp³-hybridized carbons (Fsp3) is 0.400. The van der Waals surface area contributed by atoms with Crippen molar-refractivity contribution in [2.24, 2.45) is 5.73 Å². The molecule has 0 bridgehead atoms. The van der Waals surface area contributed by atoms with Crippen LogP contribution in [0.5, 0.6) is 0 Å². The number of hydrogen-bond acceptors (Lipinski definition) is 2. The maximum absolute atomic E-state index is 12.8. The van der Waals surface area contributed by atoms with E-state index in [1.165, 1.54) is 6.07 Å². The number of nitrogens with two attached hydrogens (primary N) is 1. The first kappa shape index (κ1) is 11.8. The number of rotatable bonds is 4. The summed E-state index contributed by atoms with van der Waals surface area (Å²) >= 11 is 7.37. The molecule has 14 heavy (non-hydrogen) atoms. The lowest BCUT2D eigenvalue weighted by Crippen LogP contribution is -2.17. The summed E-state index contributed by atoms with van der Waals surface area (Å²) in [6, 6.07) is 4.99. The van der Waals surface area contributed by atoms with Gasteiger partial charge < -0.3 is 5.73 Å². The Morgan fingerprint density at radius 2 is 2.29 bits per heavy atom. The highest BCUT2D eigenvalue weighted by molar-refractivity contribution is 7.98. The number of halogens is 2. The van der Waals surface area contributed by atoms with Crippen molar-refractivity contribution in [2.75, 3.05) is 5.75 Å². The lowest BCUT2D eigenvalue weighted by molar-refractivity contribution is 0.628. The average molecular weight is 234 g/mol. The standard InChI is InChI=1S/C10H13ClFNS/c1-7(13)5-14-6-8-2-3-10(12)9(11)4-8/h2-4,7H,5-6,13H2,1H3. The second kappa shape index (κ2) is 5.59. The summed E-state index contributed by atoms with van der Waals surface area (Å²) in [5.41, 5.74) is 6.63. The molecular formula is C10H13ClFNS. The Bertz CT molecular complexity index is 304. The van der Waals surface area contributed by atoms with Crippen LogP contribution >= 0.6 is 23.4 Å². The summed E-state index contributed by atoms with van der Waals surface area (Å²) < 4.78 is 12.8. The Kier molecular flexibility index (Phi) is 4.72. The van der Waals surface area contributed by atoms with E-state index in [9.17, 15) is 4.39 Å². The molecule has 1 aromatic carbocycles. The monoisotopic (exact) mass is 233 g/mol. The van der Waals surface area contributed by atoms with Crippen LogP contribution < -0.4 is 5.73 Å². The largest absolute Gasteiger partial charge is 0.327 e. The smallest absolute Gasteiger partial charge is 0.141 e. The fourth-order valence-electron chi connectivity index (χ4n) is 0.992. The molecule has 4 heteroatoms. The molecule has 0 heterocycles. The Labute approximate surface area is 92.8 Å². The van der Waals surface area contributed by atoms with E-state index in [0.717, 1.165) is 17.1 Å². The minimum Gasteiger partial charge on any atom is -0.327 e. The topological polar surface area (TPSA) is 26.0 Å². The molecule has 2 N–H and O–H groups in total. The number of hydrogen-bond donors (Lipinski definition) is 1. The fourth-order valence-corrected chi connectivity index (χ4v) is 2.10. The molecule has 1 unspecified atom stereocenters. The van der Waals surface area contributed by atoms with E-state index in [1.807, 2.05) is 6.92 Å². The second-order valence-corrected chi connectivity index (χ2v) is 4.68. The highest BCUT2D eigenvalue weighted by atomic mass is 35.5. The molecule has 78 valence electrons.